The highest BCUT2D eigenvalue weighted by atomic mass is 16.5. The highest BCUT2D eigenvalue weighted by molar-refractivity contribution is 5.95. The van der Waals surface area contributed by atoms with Crippen LogP contribution in [0.3, 0.4) is 0 Å². The number of hydrogen-bond donors (Lipinski definition) is 2. The zero-order valence-electron chi connectivity index (χ0n) is 15.0. The van der Waals surface area contributed by atoms with Gasteiger partial charge in [-0.25, -0.2) is 4.98 Å². The maximum absolute atomic E-state index is 12.4. The second-order valence-corrected chi connectivity index (χ2v) is 6.56. The number of hydrogen-bond acceptors (Lipinski definition) is 7. The fourth-order valence-corrected chi connectivity index (χ4v) is 2.70. The molecule has 0 unspecified atom stereocenters. The van der Waals surface area contributed by atoms with Gasteiger partial charge in [0, 0.05) is 30.0 Å². The molecule has 2 heterocycles. The molecule has 0 saturated heterocycles. The van der Waals surface area contributed by atoms with E-state index >= 15 is 0 Å². The van der Waals surface area contributed by atoms with Crippen LogP contribution in [0.5, 0.6) is 0 Å². The zero-order chi connectivity index (χ0) is 19.5. The lowest BCUT2D eigenvalue weighted by Gasteiger charge is -2.06. The van der Waals surface area contributed by atoms with Crippen molar-refractivity contribution in [1.29, 1.82) is 0 Å². The van der Waals surface area contributed by atoms with Crippen LogP contribution >= 0.6 is 0 Å². The van der Waals surface area contributed by atoms with Crippen molar-refractivity contribution in [2.24, 2.45) is 5.73 Å². The minimum absolute atomic E-state index is 0.0676. The van der Waals surface area contributed by atoms with Gasteiger partial charge in [-0.2, -0.15) is 4.98 Å². The number of aromatic nitrogens is 4. The van der Waals surface area contributed by atoms with Crippen molar-refractivity contribution in [2.45, 2.75) is 25.2 Å². The van der Waals surface area contributed by atoms with Crippen LogP contribution in [-0.2, 0) is 6.42 Å². The summed E-state index contributed by atoms with van der Waals surface area (Å²) in [4.78, 5) is 36.2. The molecule has 3 aromatic rings. The first-order valence-electron chi connectivity index (χ1n) is 8.93. The monoisotopic (exact) mass is 378 g/mol. The third-order valence-electron chi connectivity index (χ3n) is 4.35. The van der Waals surface area contributed by atoms with E-state index in [2.05, 4.69) is 25.4 Å². The van der Waals surface area contributed by atoms with Crippen LogP contribution in [-0.4, -0.2) is 38.5 Å². The summed E-state index contributed by atoms with van der Waals surface area (Å²) in [5.74, 6) is 0.805. The summed E-state index contributed by atoms with van der Waals surface area (Å²) < 4.78 is 5.20. The molecule has 2 aromatic heterocycles. The largest absolute Gasteiger partial charge is 0.364 e. The predicted octanol–water partition coefficient (Wildman–Crippen LogP) is 1.48. The molecule has 1 aliphatic rings. The van der Waals surface area contributed by atoms with E-state index in [0.29, 0.717) is 47.4 Å². The second-order valence-electron chi connectivity index (χ2n) is 6.56. The molecule has 28 heavy (non-hydrogen) atoms. The average Bonchev–Trinajstić information content (AvgIpc) is 3.47. The summed E-state index contributed by atoms with van der Waals surface area (Å²) in [6, 6.07) is 6.90. The second kappa shape index (κ2) is 7.55. The molecule has 0 aliphatic heterocycles. The Balaban J connectivity index is 1.39. The summed E-state index contributed by atoms with van der Waals surface area (Å²) >= 11 is 0. The van der Waals surface area contributed by atoms with Crippen molar-refractivity contribution < 1.29 is 14.1 Å². The molecular weight excluding hydrogens is 360 g/mol. The molecule has 1 aliphatic carbocycles. The molecule has 9 nitrogen and oxygen atoms in total. The Morgan fingerprint density at radius 3 is 2.86 bits per heavy atom. The average molecular weight is 378 g/mol. The standard InChI is InChI=1S/C19H18N6O3/c20-17(26)15-10-21-9-14(23-15)12-2-1-3-13(8-12)18(27)22-7-6-16-24-19(28-25-16)11-4-5-11/h1-3,8-11H,4-7H2,(H2,20,26)(H,22,27). The van der Waals surface area contributed by atoms with E-state index < -0.39 is 5.91 Å². The Bertz CT molecular complexity index is 1030. The van der Waals surface area contributed by atoms with E-state index in [0.717, 1.165) is 12.8 Å². The summed E-state index contributed by atoms with van der Waals surface area (Å²) in [5.41, 5.74) is 6.90. The number of primary amides is 1. The molecule has 4 rings (SSSR count). The lowest BCUT2D eigenvalue weighted by Crippen LogP contribution is -2.26. The van der Waals surface area contributed by atoms with Gasteiger partial charge in [-0.05, 0) is 25.0 Å². The third kappa shape index (κ3) is 4.03. The highest BCUT2D eigenvalue weighted by Crippen LogP contribution is 2.38. The highest BCUT2D eigenvalue weighted by Gasteiger charge is 2.29. The summed E-state index contributed by atoms with van der Waals surface area (Å²) in [6.45, 7) is 0.393. The first kappa shape index (κ1) is 17.8. The lowest BCUT2D eigenvalue weighted by atomic mass is 10.1. The number of rotatable bonds is 7. The minimum atomic E-state index is -0.658. The van der Waals surface area contributed by atoms with Crippen molar-refractivity contribution >= 4 is 11.8 Å². The number of carbonyl (C=O) groups is 2. The fraction of sp³-hybridized carbons (Fsp3) is 0.263. The smallest absolute Gasteiger partial charge is 0.268 e. The Hall–Kier alpha value is -3.62. The van der Waals surface area contributed by atoms with Gasteiger partial charge < -0.3 is 15.6 Å². The Morgan fingerprint density at radius 2 is 2.07 bits per heavy atom. The van der Waals surface area contributed by atoms with Gasteiger partial charge in [-0.15, -0.1) is 0 Å². The normalized spacial score (nSPS) is 13.3. The molecule has 0 bridgehead atoms. The van der Waals surface area contributed by atoms with Gasteiger partial charge in [0.2, 0.25) is 5.89 Å². The van der Waals surface area contributed by atoms with E-state index in [1.54, 1.807) is 24.3 Å². The van der Waals surface area contributed by atoms with Crippen LogP contribution in [0.15, 0.2) is 41.2 Å². The number of nitrogens with one attached hydrogen (secondary N) is 1. The molecular formula is C19H18N6O3. The molecule has 0 atom stereocenters. The van der Waals surface area contributed by atoms with E-state index in [1.807, 2.05) is 0 Å². The third-order valence-corrected chi connectivity index (χ3v) is 4.35. The van der Waals surface area contributed by atoms with Gasteiger partial charge in [0.25, 0.3) is 11.8 Å². The number of nitrogens with two attached hydrogens (primary N) is 1. The maximum Gasteiger partial charge on any atom is 0.268 e. The molecule has 3 N–H and O–H groups in total. The van der Waals surface area contributed by atoms with Crippen LogP contribution in [0.4, 0.5) is 0 Å². The van der Waals surface area contributed by atoms with Gasteiger partial charge in [0.05, 0.1) is 18.1 Å². The van der Waals surface area contributed by atoms with Gasteiger partial charge in [0.1, 0.15) is 5.69 Å². The molecule has 2 amide bonds. The van der Waals surface area contributed by atoms with Crippen molar-refractivity contribution in [3.8, 4) is 11.3 Å². The summed E-state index contributed by atoms with van der Waals surface area (Å²) in [6.07, 6.45) is 5.50. The van der Waals surface area contributed by atoms with Gasteiger partial charge in [-0.3, -0.25) is 14.6 Å². The summed E-state index contributed by atoms with van der Waals surface area (Å²) in [7, 11) is 0. The SMILES string of the molecule is NC(=O)c1cncc(-c2cccc(C(=O)NCCc3noc(C4CC4)n3)c2)n1. The first-order chi connectivity index (χ1) is 13.6. The Kier molecular flexibility index (Phi) is 4.79. The lowest BCUT2D eigenvalue weighted by molar-refractivity contribution is 0.0952. The van der Waals surface area contributed by atoms with Gasteiger partial charge >= 0.3 is 0 Å². The molecule has 1 saturated carbocycles. The quantitative estimate of drug-likeness (QED) is 0.635. The van der Waals surface area contributed by atoms with Gasteiger partial charge in [0.15, 0.2) is 5.82 Å². The number of carbonyl (C=O) groups excluding carboxylic acids is 2. The van der Waals surface area contributed by atoms with Crippen molar-refractivity contribution in [2.75, 3.05) is 6.54 Å². The van der Waals surface area contributed by atoms with Crippen molar-refractivity contribution in [3.63, 3.8) is 0 Å². The summed E-state index contributed by atoms with van der Waals surface area (Å²) in [5, 5.41) is 6.77. The molecule has 1 aromatic carbocycles. The molecule has 1 fully saturated rings. The van der Waals surface area contributed by atoms with E-state index in [-0.39, 0.29) is 11.6 Å². The van der Waals surface area contributed by atoms with E-state index in [9.17, 15) is 9.59 Å². The Labute approximate surface area is 160 Å². The van der Waals surface area contributed by atoms with E-state index in [4.69, 9.17) is 10.3 Å². The first-order valence-corrected chi connectivity index (χ1v) is 8.93. The number of nitrogens with zero attached hydrogens (tertiary/aromatic N) is 4. The fourth-order valence-electron chi connectivity index (χ4n) is 2.70. The maximum atomic E-state index is 12.4. The van der Waals surface area contributed by atoms with Crippen molar-refractivity contribution in [3.05, 3.63) is 59.6 Å². The molecule has 0 radical (unpaired) electrons. The van der Waals surface area contributed by atoms with Crippen LogP contribution in [0.1, 0.15) is 51.3 Å². The number of amides is 2. The minimum Gasteiger partial charge on any atom is -0.364 e. The van der Waals surface area contributed by atoms with Crippen LogP contribution in [0.2, 0.25) is 0 Å². The number of benzene rings is 1. The van der Waals surface area contributed by atoms with E-state index in [1.165, 1.54) is 12.4 Å². The molecule has 142 valence electrons. The predicted molar refractivity (Wildman–Crippen MR) is 98.3 cm³/mol. The Morgan fingerprint density at radius 1 is 1.21 bits per heavy atom. The van der Waals surface area contributed by atoms with Crippen LogP contribution in [0, 0.1) is 0 Å². The zero-order valence-corrected chi connectivity index (χ0v) is 15.0. The topological polar surface area (TPSA) is 137 Å². The van der Waals surface area contributed by atoms with Gasteiger partial charge in [-0.1, -0.05) is 17.3 Å². The van der Waals surface area contributed by atoms with Crippen molar-refractivity contribution in [1.82, 2.24) is 25.4 Å². The van der Waals surface area contributed by atoms with Crippen LogP contribution < -0.4 is 11.1 Å². The molecule has 9 heteroatoms. The molecule has 0 spiro atoms. The van der Waals surface area contributed by atoms with Crippen LogP contribution in [0.25, 0.3) is 11.3 Å².